The first kappa shape index (κ1) is 18.8. The zero-order valence-corrected chi connectivity index (χ0v) is 14.8. The van der Waals surface area contributed by atoms with Crippen molar-refractivity contribution in [3.8, 4) is 0 Å². The third-order valence-corrected chi connectivity index (χ3v) is 5.40. The fourth-order valence-corrected chi connectivity index (χ4v) is 3.59. The van der Waals surface area contributed by atoms with Crippen LogP contribution in [0, 0.1) is 0 Å². The van der Waals surface area contributed by atoms with E-state index in [0.29, 0.717) is 13.1 Å². The van der Waals surface area contributed by atoms with Crippen molar-refractivity contribution in [3.05, 3.63) is 0 Å². The van der Waals surface area contributed by atoms with Crippen molar-refractivity contribution in [1.82, 2.24) is 13.9 Å². The molecule has 1 heterocycles. The Kier molecular flexibility index (Phi) is 7.56. The third-order valence-electron chi connectivity index (χ3n) is 3.87. The minimum absolute atomic E-state index is 0.160. The van der Waals surface area contributed by atoms with Gasteiger partial charge in [0.05, 0.1) is 12.2 Å². The lowest BCUT2D eigenvalue weighted by molar-refractivity contribution is -0.0776. The number of hydrogen-bond acceptors (Lipinski definition) is 4. The van der Waals surface area contributed by atoms with Crippen molar-refractivity contribution < 1.29 is 13.2 Å². The Bertz CT molecular complexity index is 392. The van der Waals surface area contributed by atoms with Crippen LogP contribution in [-0.2, 0) is 14.9 Å². The molecule has 0 bridgehead atoms. The predicted octanol–water partition coefficient (Wildman–Crippen LogP) is 1.05. The van der Waals surface area contributed by atoms with Crippen LogP contribution < -0.4 is 4.72 Å². The molecule has 1 N–H and O–H groups in total. The van der Waals surface area contributed by atoms with Gasteiger partial charge in [0.15, 0.2) is 0 Å². The number of morpholine rings is 1. The fraction of sp³-hybridized carbons (Fsp3) is 1.00. The summed E-state index contributed by atoms with van der Waals surface area (Å²) >= 11 is 0. The molecule has 3 atom stereocenters. The number of unbranched alkanes of at least 4 members (excludes halogenated alkanes) is 1. The van der Waals surface area contributed by atoms with E-state index in [-0.39, 0.29) is 18.2 Å². The van der Waals surface area contributed by atoms with Crippen molar-refractivity contribution in [2.24, 2.45) is 0 Å². The highest BCUT2D eigenvalue weighted by atomic mass is 32.2. The Morgan fingerprint density at radius 3 is 2.43 bits per heavy atom. The second-order valence-electron chi connectivity index (χ2n) is 6.09. The van der Waals surface area contributed by atoms with Gasteiger partial charge in [-0.3, -0.25) is 4.90 Å². The van der Waals surface area contributed by atoms with E-state index in [1.54, 1.807) is 7.05 Å². The summed E-state index contributed by atoms with van der Waals surface area (Å²) in [6.07, 6.45) is 2.26. The Labute approximate surface area is 130 Å². The van der Waals surface area contributed by atoms with Gasteiger partial charge < -0.3 is 4.74 Å². The molecule has 0 spiro atoms. The molecule has 0 amide bonds. The molecule has 1 fully saturated rings. The second-order valence-corrected chi connectivity index (χ2v) is 7.95. The average Bonchev–Trinajstić information content (AvgIpc) is 2.41. The summed E-state index contributed by atoms with van der Waals surface area (Å²) in [5, 5.41) is 0. The highest BCUT2D eigenvalue weighted by Crippen LogP contribution is 2.13. The lowest BCUT2D eigenvalue weighted by atomic mass is 10.2. The van der Waals surface area contributed by atoms with E-state index in [4.69, 9.17) is 4.74 Å². The first-order chi connectivity index (χ1) is 9.76. The molecule has 3 unspecified atom stereocenters. The van der Waals surface area contributed by atoms with Gasteiger partial charge >= 0.3 is 0 Å². The molecule has 1 aliphatic heterocycles. The summed E-state index contributed by atoms with van der Waals surface area (Å²) in [7, 11) is -1.74. The molecule has 7 heteroatoms. The van der Waals surface area contributed by atoms with Crippen LogP contribution in [0.3, 0.4) is 0 Å². The summed E-state index contributed by atoms with van der Waals surface area (Å²) in [6.45, 7) is 10.9. The fourth-order valence-electron chi connectivity index (χ4n) is 2.54. The number of ether oxygens (including phenoxy) is 1. The summed E-state index contributed by atoms with van der Waals surface area (Å²) in [6, 6.07) is 0.160. The van der Waals surface area contributed by atoms with Crippen molar-refractivity contribution in [2.75, 3.05) is 33.2 Å². The largest absolute Gasteiger partial charge is 0.373 e. The lowest BCUT2D eigenvalue weighted by Gasteiger charge is -2.39. The topological polar surface area (TPSA) is 61.9 Å². The van der Waals surface area contributed by atoms with E-state index in [1.807, 2.05) is 0 Å². The quantitative estimate of drug-likeness (QED) is 0.726. The van der Waals surface area contributed by atoms with Crippen molar-refractivity contribution in [1.29, 1.82) is 0 Å². The van der Waals surface area contributed by atoms with Gasteiger partial charge in [0.25, 0.3) is 10.2 Å². The van der Waals surface area contributed by atoms with Crippen LogP contribution in [0.4, 0.5) is 0 Å². The number of nitrogens with zero attached hydrogens (tertiary/aromatic N) is 2. The Hall–Kier alpha value is -0.210. The molecule has 0 aliphatic carbocycles. The molecular weight excluding hydrogens is 290 g/mol. The molecule has 0 radical (unpaired) electrons. The van der Waals surface area contributed by atoms with E-state index < -0.39 is 10.2 Å². The predicted molar refractivity (Wildman–Crippen MR) is 85.5 cm³/mol. The van der Waals surface area contributed by atoms with E-state index in [1.165, 1.54) is 4.31 Å². The first-order valence-corrected chi connectivity index (χ1v) is 9.30. The summed E-state index contributed by atoms with van der Waals surface area (Å²) in [5.41, 5.74) is 0. The summed E-state index contributed by atoms with van der Waals surface area (Å²) in [5.74, 6) is 0. The summed E-state index contributed by atoms with van der Waals surface area (Å²) in [4.78, 5) is 2.29. The maximum atomic E-state index is 12.1. The van der Waals surface area contributed by atoms with Gasteiger partial charge in [-0.05, 0) is 27.2 Å². The molecule has 6 nitrogen and oxygen atoms in total. The number of rotatable bonds is 8. The van der Waals surface area contributed by atoms with E-state index >= 15 is 0 Å². The maximum Gasteiger partial charge on any atom is 0.279 e. The Morgan fingerprint density at radius 1 is 1.33 bits per heavy atom. The molecular formula is C14H31N3O3S. The van der Waals surface area contributed by atoms with E-state index in [9.17, 15) is 8.42 Å². The molecule has 0 aromatic rings. The molecule has 1 saturated heterocycles. The van der Waals surface area contributed by atoms with Crippen LogP contribution in [0.1, 0.15) is 40.5 Å². The van der Waals surface area contributed by atoms with Crippen molar-refractivity contribution in [2.45, 2.75) is 58.8 Å². The van der Waals surface area contributed by atoms with E-state index in [2.05, 4.69) is 37.3 Å². The minimum Gasteiger partial charge on any atom is -0.373 e. The highest BCUT2D eigenvalue weighted by Gasteiger charge is 2.27. The number of hydrogen-bond donors (Lipinski definition) is 1. The molecule has 126 valence electrons. The standard InChI is InChI=1S/C14H31N3O3S/c1-6-7-8-16(5)21(18,19)15-9-12(2)17-10-13(3)20-14(4)11-17/h12-15H,6-11H2,1-5H3. The van der Waals surface area contributed by atoms with E-state index in [0.717, 1.165) is 25.9 Å². The van der Waals surface area contributed by atoms with Crippen molar-refractivity contribution >= 4 is 10.2 Å². The van der Waals surface area contributed by atoms with Crippen LogP contribution in [0.25, 0.3) is 0 Å². The van der Waals surface area contributed by atoms with Crippen LogP contribution >= 0.6 is 0 Å². The molecule has 0 aromatic heterocycles. The van der Waals surface area contributed by atoms with Gasteiger partial charge in [-0.15, -0.1) is 0 Å². The highest BCUT2D eigenvalue weighted by molar-refractivity contribution is 7.87. The normalized spacial score (nSPS) is 26.2. The average molecular weight is 321 g/mol. The molecule has 21 heavy (non-hydrogen) atoms. The minimum atomic E-state index is -3.37. The van der Waals surface area contributed by atoms with Gasteiger partial charge in [0.1, 0.15) is 0 Å². The van der Waals surface area contributed by atoms with Crippen LogP contribution in [0.2, 0.25) is 0 Å². The second kappa shape index (κ2) is 8.43. The molecule has 1 aliphatic rings. The maximum absolute atomic E-state index is 12.1. The monoisotopic (exact) mass is 321 g/mol. The first-order valence-electron chi connectivity index (χ1n) is 7.86. The lowest BCUT2D eigenvalue weighted by Crippen LogP contribution is -2.53. The van der Waals surface area contributed by atoms with Gasteiger partial charge in [0, 0.05) is 39.3 Å². The smallest absolute Gasteiger partial charge is 0.279 e. The number of nitrogens with one attached hydrogen (secondary N) is 1. The van der Waals surface area contributed by atoms with Gasteiger partial charge in [-0.2, -0.15) is 12.7 Å². The van der Waals surface area contributed by atoms with Crippen LogP contribution in [-0.4, -0.2) is 69.1 Å². The zero-order chi connectivity index (χ0) is 16.0. The Morgan fingerprint density at radius 2 is 1.90 bits per heavy atom. The van der Waals surface area contributed by atoms with Gasteiger partial charge in [-0.1, -0.05) is 13.3 Å². The van der Waals surface area contributed by atoms with Crippen molar-refractivity contribution in [3.63, 3.8) is 0 Å². The van der Waals surface area contributed by atoms with Crippen LogP contribution in [0.5, 0.6) is 0 Å². The zero-order valence-electron chi connectivity index (χ0n) is 14.0. The summed E-state index contributed by atoms with van der Waals surface area (Å²) < 4.78 is 34.1. The van der Waals surface area contributed by atoms with Gasteiger partial charge in [-0.25, -0.2) is 4.72 Å². The molecule has 0 aromatic carbocycles. The molecule has 0 saturated carbocycles. The SMILES string of the molecule is CCCCN(C)S(=O)(=O)NCC(C)N1CC(C)OC(C)C1. The van der Waals surface area contributed by atoms with Crippen LogP contribution in [0.15, 0.2) is 0 Å². The molecule has 1 rings (SSSR count). The third kappa shape index (κ3) is 6.20. The van der Waals surface area contributed by atoms with Gasteiger partial charge in [0.2, 0.25) is 0 Å². The Balaban J connectivity index is 2.46.